The molecular weight excluding hydrogens is 380 g/mol. The molecule has 3 aromatic rings. The molecule has 3 rings (SSSR count). The zero-order valence-corrected chi connectivity index (χ0v) is 17.0. The highest BCUT2D eigenvalue weighted by Crippen LogP contribution is 2.26. The van der Waals surface area contributed by atoms with Gasteiger partial charge in [0.15, 0.2) is 0 Å². The van der Waals surface area contributed by atoms with Crippen molar-refractivity contribution in [2.45, 2.75) is 32.9 Å². The molecule has 0 fully saturated rings. The molecule has 1 amide bonds. The Morgan fingerprint density at radius 3 is 2.57 bits per heavy atom. The molecule has 0 aliphatic heterocycles. The molecule has 0 saturated heterocycles. The standard InChI is InChI=1S/C23H22N4O3/c1-23(2,3)30-22(28)26-15-16-7-9-17(10-8-16)18-5-4-6-19(13-18)29-21-11-12-25-20(14-24)27-21/h4-13H,15H2,1-3H3,(H,26,28). The van der Waals surface area contributed by atoms with Crippen LogP contribution in [0.1, 0.15) is 32.2 Å². The molecule has 2 aromatic carbocycles. The van der Waals surface area contributed by atoms with Crippen LogP contribution < -0.4 is 10.1 Å². The molecular formula is C23H22N4O3. The van der Waals surface area contributed by atoms with Crippen LogP contribution in [0.5, 0.6) is 11.6 Å². The van der Waals surface area contributed by atoms with Gasteiger partial charge in [-0.1, -0.05) is 36.4 Å². The fourth-order valence-corrected chi connectivity index (χ4v) is 2.62. The van der Waals surface area contributed by atoms with Gasteiger partial charge >= 0.3 is 6.09 Å². The third kappa shape index (κ3) is 6.04. The second-order valence-electron chi connectivity index (χ2n) is 7.51. The van der Waals surface area contributed by atoms with E-state index in [-0.39, 0.29) is 5.82 Å². The summed E-state index contributed by atoms with van der Waals surface area (Å²) in [6.45, 7) is 5.86. The summed E-state index contributed by atoms with van der Waals surface area (Å²) in [5, 5.41) is 11.6. The first-order valence-corrected chi connectivity index (χ1v) is 9.40. The van der Waals surface area contributed by atoms with E-state index in [0.717, 1.165) is 16.7 Å². The molecule has 1 N–H and O–H groups in total. The maximum atomic E-state index is 11.8. The highest BCUT2D eigenvalue weighted by molar-refractivity contribution is 5.68. The molecule has 1 heterocycles. The number of carbonyl (C=O) groups excluding carboxylic acids is 1. The van der Waals surface area contributed by atoms with Gasteiger partial charge in [-0.15, -0.1) is 0 Å². The number of benzene rings is 2. The number of alkyl carbamates (subject to hydrolysis) is 1. The highest BCUT2D eigenvalue weighted by atomic mass is 16.6. The predicted octanol–water partition coefficient (Wildman–Crippen LogP) is 4.83. The Morgan fingerprint density at radius 1 is 1.10 bits per heavy atom. The van der Waals surface area contributed by atoms with Gasteiger partial charge in [-0.25, -0.2) is 9.78 Å². The average molecular weight is 402 g/mol. The molecule has 0 saturated carbocycles. The number of ether oxygens (including phenoxy) is 2. The summed E-state index contributed by atoms with van der Waals surface area (Å²) < 4.78 is 11.0. The third-order valence-electron chi connectivity index (χ3n) is 3.91. The number of nitrogens with one attached hydrogen (secondary N) is 1. The molecule has 7 heteroatoms. The van der Waals surface area contributed by atoms with Gasteiger partial charge in [0.05, 0.1) is 0 Å². The number of amides is 1. The topological polar surface area (TPSA) is 97.1 Å². The Bertz CT molecular complexity index is 1070. The summed E-state index contributed by atoms with van der Waals surface area (Å²) in [5.41, 5.74) is 2.40. The maximum Gasteiger partial charge on any atom is 0.407 e. The zero-order valence-electron chi connectivity index (χ0n) is 17.0. The van der Waals surface area contributed by atoms with Crippen LogP contribution >= 0.6 is 0 Å². The smallest absolute Gasteiger partial charge is 0.407 e. The lowest BCUT2D eigenvalue weighted by Gasteiger charge is -2.19. The monoisotopic (exact) mass is 402 g/mol. The molecule has 0 aliphatic rings. The van der Waals surface area contributed by atoms with Crippen LogP contribution in [0.2, 0.25) is 0 Å². The number of rotatable bonds is 5. The molecule has 1 aromatic heterocycles. The van der Waals surface area contributed by atoms with E-state index in [0.29, 0.717) is 18.2 Å². The van der Waals surface area contributed by atoms with E-state index in [1.807, 2.05) is 75.4 Å². The van der Waals surface area contributed by atoms with Crippen LogP contribution in [0.25, 0.3) is 11.1 Å². The third-order valence-corrected chi connectivity index (χ3v) is 3.91. The molecule has 152 valence electrons. The normalized spacial score (nSPS) is 10.7. The van der Waals surface area contributed by atoms with Crippen LogP contribution in [0, 0.1) is 11.3 Å². The van der Waals surface area contributed by atoms with Gasteiger partial charge < -0.3 is 14.8 Å². The van der Waals surface area contributed by atoms with Crippen LogP contribution in [-0.4, -0.2) is 21.7 Å². The van der Waals surface area contributed by atoms with E-state index in [1.54, 1.807) is 6.07 Å². The average Bonchev–Trinajstić information content (AvgIpc) is 2.72. The maximum absolute atomic E-state index is 11.8. The number of carbonyl (C=O) groups is 1. The van der Waals surface area contributed by atoms with Crippen LogP contribution in [0.4, 0.5) is 4.79 Å². The van der Waals surface area contributed by atoms with Crippen LogP contribution in [0.3, 0.4) is 0 Å². The molecule has 0 bridgehead atoms. The van der Waals surface area contributed by atoms with Crippen LogP contribution in [-0.2, 0) is 11.3 Å². The van der Waals surface area contributed by atoms with Gasteiger partial charge in [0.25, 0.3) is 0 Å². The summed E-state index contributed by atoms with van der Waals surface area (Å²) in [5.74, 6) is 0.965. The number of aromatic nitrogens is 2. The molecule has 0 unspecified atom stereocenters. The van der Waals surface area contributed by atoms with Gasteiger partial charge in [0.1, 0.15) is 17.4 Å². The molecule has 0 spiro atoms. The van der Waals surface area contributed by atoms with Crippen molar-refractivity contribution in [1.29, 1.82) is 5.26 Å². The minimum atomic E-state index is -0.525. The summed E-state index contributed by atoms with van der Waals surface area (Å²) in [6, 6.07) is 18.9. The second kappa shape index (κ2) is 9.05. The van der Waals surface area contributed by atoms with E-state index in [4.69, 9.17) is 14.7 Å². The summed E-state index contributed by atoms with van der Waals surface area (Å²) in [7, 11) is 0. The lowest BCUT2D eigenvalue weighted by Crippen LogP contribution is -2.32. The van der Waals surface area contributed by atoms with Gasteiger partial charge in [-0.05, 0) is 49.6 Å². The molecule has 0 radical (unpaired) electrons. The molecule has 7 nitrogen and oxygen atoms in total. The molecule has 0 aliphatic carbocycles. The van der Waals surface area contributed by atoms with E-state index in [1.165, 1.54) is 6.20 Å². The van der Waals surface area contributed by atoms with E-state index < -0.39 is 11.7 Å². The SMILES string of the molecule is CC(C)(C)OC(=O)NCc1ccc(-c2cccc(Oc3ccnc(C#N)n3)c2)cc1. The first kappa shape index (κ1) is 20.8. The van der Waals surface area contributed by atoms with Crippen molar-refractivity contribution in [3.05, 3.63) is 72.2 Å². The minimum Gasteiger partial charge on any atom is -0.444 e. The summed E-state index contributed by atoms with van der Waals surface area (Å²) in [6.07, 6.45) is 1.04. The fourth-order valence-electron chi connectivity index (χ4n) is 2.62. The van der Waals surface area contributed by atoms with Gasteiger partial charge in [-0.3, -0.25) is 0 Å². The lowest BCUT2D eigenvalue weighted by molar-refractivity contribution is 0.0523. The first-order chi connectivity index (χ1) is 14.3. The molecule has 30 heavy (non-hydrogen) atoms. The number of nitriles is 1. The first-order valence-electron chi connectivity index (χ1n) is 9.40. The van der Waals surface area contributed by atoms with Crippen molar-refractivity contribution in [1.82, 2.24) is 15.3 Å². The van der Waals surface area contributed by atoms with E-state index >= 15 is 0 Å². The largest absolute Gasteiger partial charge is 0.444 e. The Labute approximate surface area is 175 Å². The van der Waals surface area contributed by atoms with Crippen molar-refractivity contribution in [2.75, 3.05) is 0 Å². The van der Waals surface area contributed by atoms with E-state index in [2.05, 4.69) is 15.3 Å². The van der Waals surface area contributed by atoms with Gasteiger partial charge in [0, 0.05) is 18.8 Å². The minimum absolute atomic E-state index is 0.0548. The van der Waals surface area contributed by atoms with Crippen molar-refractivity contribution in [3.8, 4) is 28.8 Å². The van der Waals surface area contributed by atoms with Crippen molar-refractivity contribution in [3.63, 3.8) is 0 Å². The number of nitrogens with zero attached hydrogens (tertiary/aromatic N) is 3. The Kier molecular flexibility index (Phi) is 6.28. The van der Waals surface area contributed by atoms with Crippen molar-refractivity contribution < 1.29 is 14.3 Å². The Morgan fingerprint density at radius 2 is 1.87 bits per heavy atom. The van der Waals surface area contributed by atoms with Gasteiger partial charge in [-0.2, -0.15) is 10.2 Å². The summed E-state index contributed by atoms with van der Waals surface area (Å²) >= 11 is 0. The Hall–Kier alpha value is -3.92. The van der Waals surface area contributed by atoms with Crippen molar-refractivity contribution in [2.24, 2.45) is 0 Å². The van der Waals surface area contributed by atoms with Gasteiger partial charge in [0.2, 0.25) is 11.7 Å². The predicted molar refractivity (Wildman–Crippen MR) is 112 cm³/mol. The van der Waals surface area contributed by atoms with Crippen LogP contribution in [0.15, 0.2) is 60.8 Å². The zero-order chi connectivity index (χ0) is 21.6. The highest BCUT2D eigenvalue weighted by Gasteiger charge is 2.15. The number of hydrogen-bond acceptors (Lipinski definition) is 6. The molecule has 0 atom stereocenters. The fraction of sp³-hybridized carbons (Fsp3) is 0.217. The number of hydrogen-bond donors (Lipinski definition) is 1. The van der Waals surface area contributed by atoms with Crippen molar-refractivity contribution >= 4 is 6.09 Å². The lowest BCUT2D eigenvalue weighted by atomic mass is 10.0. The Balaban J connectivity index is 1.66. The summed E-state index contributed by atoms with van der Waals surface area (Å²) in [4.78, 5) is 19.6. The van der Waals surface area contributed by atoms with E-state index in [9.17, 15) is 4.79 Å². The second-order valence-corrected chi connectivity index (χ2v) is 7.51. The quantitative estimate of drug-likeness (QED) is 0.656.